The molecule has 5 rings (SSSR count). The van der Waals surface area contributed by atoms with Crippen molar-refractivity contribution in [3.63, 3.8) is 0 Å². The summed E-state index contributed by atoms with van der Waals surface area (Å²) in [6.07, 6.45) is 3.63. The van der Waals surface area contributed by atoms with E-state index in [1.54, 1.807) is 10.8 Å². The van der Waals surface area contributed by atoms with Gasteiger partial charge in [0.05, 0.1) is 5.69 Å². The van der Waals surface area contributed by atoms with Crippen molar-refractivity contribution in [2.24, 2.45) is 0 Å². The van der Waals surface area contributed by atoms with E-state index in [0.717, 1.165) is 21.8 Å². The second-order valence-corrected chi connectivity index (χ2v) is 6.44. The number of nitrogens with zero attached hydrogens (tertiary/aromatic N) is 7. The lowest BCUT2D eigenvalue weighted by Gasteiger charge is -2.03. The fourth-order valence-corrected chi connectivity index (χ4v) is 3.38. The Bertz CT molecular complexity index is 1180. The molecule has 120 valence electrons. The first kappa shape index (κ1) is 14.1. The Kier molecular flexibility index (Phi) is 3.20. The quantitative estimate of drug-likeness (QED) is 0.500. The largest absolute Gasteiger partial charge is 0.288 e. The number of aromatic nitrogens is 7. The first-order valence-corrected chi connectivity index (χ1v) is 8.44. The van der Waals surface area contributed by atoms with Gasteiger partial charge in [-0.1, -0.05) is 30.3 Å². The Labute approximate surface area is 146 Å². The first-order chi connectivity index (χ1) is 12.4. The van der Waals surface area contributed by atoms with Gasteiger partial charge in [-0.3, -0.25) is 4.40 Å². The molecule has 1 aromatic carbocycles. The highest BCUT2D eigenvalue weighted by atomic mass is 32.2. The van der Waals surface area contributed by atoms with Gasteiger partial charge in [-0.05, 0) is 36.0 Å². The highest BCUT2D eigenvalue weighted by Crippen LogP contribution is 2.27. The maximum absolute atomic E-state index is 4.69. The summed E-state index contributed by atoms with van der Waals surface area (Å²) in [6, 6.07) is 17.8. The fourth-order valence-electron chi connectivity index (χ4n) is 2.57. The Morgan fingerprint density at radius 1 is 0.800 bits per heavy atom. The SMILES string of the molecule is c1ccc(-c2ccc3nnc(Sc4ccc5nncn5c4)n3n2)cc1. The molecule has 0 aliphatic heterocycles. The molecule has 0 saturated carbocycles. The van der Waals surface area contributed by atoms with Gasteiger partial charge in [0, 0.05) is 16.7 Å². The first-order valence-electron chi connectivity index (χ1n) is 7.62. The van der Waals surface area contributed by atoms with E-state index in [-0.39, 0.29) is 0 Å². The average molecular weight is 345 g/mol. The summed E-state index contributed by atoms with van der Waals surface area (Å²) >= 11 is 1.50. The highest BCUT2D eigenvalue weighted by molar-refractivity contribution is 7.99. The molecule has 0 saturated heterocycles. The molecule has 8 heteroatoms. The Balaban J connectivity index is 1.56. The maximum atomic E-state index is 4.69. The minimum Gasteiger partial charge on any atom is -0.288 e. The third-order valence-corrected chi connectivity index (χ3v) is 4.69. The Morgan fingerprint density at radius 3 is 2.60 bits per heavy atom. The van der Waals surface area contributed by atoms with E-state index in [4.69, 9.17) is 5.10 Å². The minimum atomic E-state index is 0.709. The van der Waals surface area contributed by atoms with Gasteiger partial charge in [-0.2, -0.15) is 9.61 Å². The van der Waals surface area contributed by atoms with Crippen LogP contribution in [0.4, 0.5) is 0 Å². The molecule has 0 amide bonds. The molecule has 0 radical (unpaired) electrons. The van der Waals surface area contributed by atoms with Gasteiger partial charge in [-0.15, -0.1) is 20.4 Å². The van der Waals surface area contributed by atoms with Crippen LogP contribution >= 0.6 is 11.8 Å². The van der Waals surface area contributed by atoms with Gasteiger partial charge < -0.3 is 0 Å². The second kappa shape index (κ2) is 5.67. The summed E-state index contributed by atoms with van der Waals surface area (Å²) < 4.78 is 3.64. The van der Waals surface area contributed by atoms with Crippen LogP contribution in [0.5, 0.6) is 0 Å². The van der Waals surface area contributed by atoms with Crippen LogP contribution < -0.4 is 0 Å². The molecule has 25 heavy (non-hydrogen) atoms. The fraction of sp³-hybridized carbons (Fsp3) is 0. The van der Waals surface area contributed by atoms with E-state index < -0.39 is 0 Å². The molecule has 0 aliphatic carbocycles. The standard InChI is InChI=1S/C17H11N7S/c1-2-4-12(5-3-1)14-7-9-16-20-21-17(24(16)22-14)25-13-6-8-15-19-18-11-23(15)10-13/h1-11H. The van der Waals surface area contributed by atoms with Crippen molar-refractivity contribution < 1.29 is 0 Å². The average Bonchev–Trinajstić information content (AvgIpc) is 3.29. The minimum absolute atomic E-state index is 0.709. The number of fused-ring (bicyclic) bond motifs is 2. The van der Waals surface area contributed by atoms with E-state index in [1.807, 2.05) is 65.2 Å². The number of benzene rings is 1. The van der Waals surface area contributed by atoms with Crippen LogP contribution in [0.1, 0.15) is 0 Å². The molecule has 0 unspecified atom stereocenters. The van der Waals surface area contributed by atoms with Gasteiger partial charge in [0.15, 0.2) is 11.3 Å². The smallest absolute Gasteiger partial charge is 0.217 e. The lowest BCUT2D eigenvalue weighted by atomic mass is 10.1. The molecular weight excluding hydrogens is 334 g/mol. The lowest BCUT2D eigenvalue weighted by molar-refractivity contribution is 0.812. The Hall–Kier alpha value is -3.26. The molecule has 0 atom stereocenters. The molecule has 7 nitrogen and oxygen atoms in total. The molecule has 0 spiro atoms. The van der Waals surface area contributed by atoms with Crippen molar-refractivity contribution in [1.82, 2.24) is 34.4 Å². The van der Waals surface area contributed by atoms with Crippen molar-refractivity contribution in [1.29, 1.82) is 0 Å². The zero-order valence-electron chi connectivity index (χ0n) is 12.9. The van der Waals surface area contributed by atoms with Crippen LogP contribution in [-0.4, -0.2) is 34.4 Å². The zero-order chi connectivity index (χ0) is 16.6. The molecule has 0 N–H and O–H groups in total. The molecule has 0 bridgehead atoms. The molecule has 5 aromatic rings. The van der Waals surface area contributed by atoms with Gasteiger partial charge in [0.25, 0.3) is 0 Å². The van der Waals surface area contributed by atoms with Crippen molar-refractivity contribution >= 4 is 23.1 Å². The van der Waals surface area contributed by atoms with Crippen molar-refractivity contribution in [2.45, 2.75) is 10.1 Å². The molecule has 0 fully saturated rings. The predicted octanol–water partition coefficient (Wildman–Crippen LogP) is 2.99. The van der Waals surface area contributed by atoms with E-state index in [0.29, 0.717) is 10.8 Å². The zero-order valence-corrected chi connectivity index (χ0v) is 13.7. The topological polar surface area (TPSA) is 73.3 Å². The molecular formula is C17H11N7S. The van der Waals surface area contributed by atoms with Crippen molar-refractivity contribution in [3.05, 3.63) is 67.1 Å². The monoisotopic (exact) mass is 345 g/mol. The number of hydrogen-bond donors (Lipinski definition) is 0. The van der Waals surface area contributed by atoms with Crippen LogP contribution in [0.3, 0.4) is 0 Å². The molecule has 4 heterocycles. The summed E-state index contributed by atoms with van der Waals surface area (Å²) in [6.45, 7) is 0. The van der Waals surface area contributed by atoms with Crippen LogP contribution in [0.15, 0.2) is 77.2 Å². The van der Waals surface area contributed by atoms with Crippen LogP contribution in [-0.2, 0) is 0 Å². The molecule has 0 aliphatic rings. The Morgan fingerprint density at radius 2 is 1.68 bits per heavy atom. The number of hydrogen-bond acceptors (Lipinski definition) is 6. The third-order valence-electron chi connectivity index (χ3n) is 3.78. The summed E-state index contributed by atoms with van der Waals surface area (Å²) in [5.74, 6) is 0. The van der Waals surface area contributed by atoms with E-state index in [9.17, 15) is 0 Å². The third kappa shape index (κ3) is 2.52. The van der Waals surface area contributed by atoms with Crippen LogP contribution in [0, 0.1) is 0 Å². The van der Waals surface area contributed by atoms with E-state index in [2.05, 4.69) is 20.4 Å². The van der Waals surface area contributed by atoms with Gasteiger partial charge in [0.2, 0.25) is 5.16 Å². The predicted molar refractivity (Wildman–Crippen MR) is 93.3 cm³/mol. The van der Waals surface area contributed by atoms with Crippen LogP contribution in [0.25, 0.3) is 22.6 Å². The van der Waals surface area contributed by atoms with E-state index in [1.165, 1.54) is 11.8 Å². The summed E-state index contributed by atoms with van der Waals surface area (Å²) in [5.41, 5.74) is 3.46. The molecule has 4 aromatic heterocycles. The van der Waals surface area contributed by atoms with Gasteiger partial charge in [0.1, 0.15) is 6.33 Å². The maximum Gasteiger partial charge on any atom is 0.217 e. The number of rotatable bonds is 3. The lowest BCUT2D eigenvalue weighted by Crippen LogP contribution is -1.96. The van der Waals surface area contributed by atoms with Crippen molar-refractivity contribution in [2.75, 3.05) is 0 Å². The second-order valence-electron chi connectivity index (χ2n) is 5.40. The summed E-state index contributed by atoms with van der Waals surface area (Å²) in [5, 5.41) is 21.8. The highest BCUT2D eigenvalue weighted by Gasteiger charge is 2.11. The van der Waals surface area contributed by atoms with Gasteiger partial charge >= 0.3 is 0 Å². The van der Waals surface area contributed by atoms with Crippen molar-refractivity contribution in [3.8, 4) is 11.3 Å². The van der Waals surface area contributed by atoms with Crippen LogP contribution in [0.2, 0.25) is 0 Å². The summed E-state index contributed by atoms with van der Waals surface area (Å²) in [4.78, 5) is 1.01. The normalized spacial score (nSPS) is 11.4. The van der Waals surface area contributed by atoms with E-state index >= 15 is 0 Å². The number of pyridine rings is 1. The summed E-state index contributed by atoms with van der Waals surface area (Å²) in [7, 11) is 0. The van der Waals surface area contributed by atoms with Gasteiger partial charge in [-0.25, -0.2) is 0 Å².